The van der Waals surface area contributed by atoms with E-state index >= 15 is 0 Å². The minimum atomic E-state index is -0.136. The predicted molar refractivity (Wildman–Crippen MR) is 128 cm³/mol. The van der Waals surface area contributed by atoms with E-state index in [9.17, 15) is 9.59 Å². The summed E-state index contributed by atoms with van der Waals surface area (Å²) in [5.41, 5.74) is 0.984. The second-order valence-corrected chi connectivity index (χ2v) is 9.49. The molecule has 1 aromatic rings. The second-order valence-electron chi connectivity index (χ2n) is 8.67. The van der Waals surface area contributed by atoms with E-state index in [4.69, 9.17) is 23.8 Å². The highest BCUT2D eigenvalue weighted by atomic mass is 35.5. The van der Waals surface area contributed by atoms with E-state index in [1.54, 1.807) is 4.90 Å². The molecule has 31 heavy (non-hydrogen) atoms. The normalized spacial score (nSPS) is 23.5. The molecule has 0 spiro atoms. The molecule has 2 fully saturated rings. The van der Waals surface area contributed by atoms with Crippen LogP contribution in [0.3, 0.4) is 0 Å². The maximum Gasteiger partial charge on any atom is 0.234 e. The van der Waals surface area contributed by atoms with Crippen LogP contribution in [0.25, 0.3) is 0 Å². The minimum Gasteiger partial charge on any atom is -0.359 e. The Kier molecular flexibility index (Phi) is 8.69. The average molecular weight is 465 g/mol. The van der Waals surface area contributed by atoms with Crippen LogP contribution in [0.4, 0.5) is 0 Å². The van der Waals surface area contributed by atoms with Crippen molar-refractivity contribution in [3.05, 3.63) is 34.9 Å². The third-order valence-electron chi connectivity index (χ3n) is 6.30. The molecule has 1 heterocycles. The fraction of sp³-hybridized carbons (Fsp3) is 0.609. The Bertz CT molecular complexity index is 788. The van der Waals surface area contributed by atoms with Crippen LogP contribution in [0.1, 0.15) is 44.6 Å². The van der Waals surface area contributed by atoms with Crippen molar-refractivity contribution in [2.45, 2.75) is 51.6 Å². The monoisotopic (exact) mass is 464 g/mol. The summed E-state index contributed by atoms with van der Waals surface area (Å²) in [6.07, 6.45) is 4.41. The molecule has 8 heteroatoms. The molecule has 1 aliphatic heterocycles. The van der Waals surface area contributed by atoms with Crippen LogP contribution >= 0.6 is 23.8 Å². The molecule has 6 nitrogen and oxygen atoms in total. The molecule has 1 saturated heterocycles. The Balaban J connectivity index is 1.50. The number of rotatable bonds is 9. The highest BCUT2D eigenvalue weighted by Gasteiger charge is 2.44. The molecule has 2 aliphatic rings. The number of hydrogen-bond acceptors (Lipinski definition) is 4. The van der Waals surface area contributed by atoms with E-state index in [0.717, 1.165) is 25.1 Å². The lowest BCUT2D eigenvalue weighted by molar-refractivity contribution is -0.138. The number of likely N-dealkylation sites (N-methyl/N-ethyl adjacent to an activating group) is 1. The number of benzene rings is 1. The fourth-order valence-corrected chi connectivity index (χ4v) is 4.81. The van der Waals surface area contributed by atoms with Crippen molar-refractivity contribution in [3.8, 4) is 0 Å². The number of carbonyl (C=O) groups is 2. The number of amides is 2. The van der Waals surface area contributed by atoms with Crippen LogP contribution in [-0.4, -0.2) is 59.5 Å². The van der Waals surface area contributed by atoms with E-state index < -0.39 is 0 Å². The Labute approximate surface area is 195 Å². The number of nitrogens with one attached hydrogen (secondary N) is 2. The van der Waals surface area contributed by atoms with E-state index in [-0.39, 0.29) is 29.7 Å². The van der Waals surface area contributed by atoms with Crippen LogP contribution in [0.2, 0.25) is 5.02 Å². The van der Waals surface area contributed by atoms with Gasteiger partial charge in [-0.3, -0.25) is 14.5 Å². The lowest BCUT2D eigenvalue weighted by Gasteiger charge is -2.43. The Hall–Kier alpha value is -1.70. The molecule has 3 unspecified atom stereocenters. The van der Waals surface area contributed by atoms with Gasteiger partial charge in [-0.25, -0.2) is 0 Å². The first-order valence-corrected chi connectivity index (χ1v) is 12.0. The molecule has 2 amide bonds. The zero-order chi connectivity index (χ0) is 22.4. The maximum atomic E-state index is 13.1. The largest absolute Gasteiger partial charge is 0.359 e. The summed E-state index contributed by atoms with van der Waals surface area (Å²) < 4.78 is 0. The van der Waals surface area contributed by atoms with Crippen molar-refractivity contribution in [2.24, 2.45) is 11.8 Å². The van der Waals surface area contributed by atoms with Gasteiger partial charge in [-0.05, 0) is 69.2 Å². The summed E-state index contributed by atoms with van der Waals surface area (Å²) in [7, 11) is 2.08. The summed E-state index contributed by atoms with van der Waals surface area (Å²) in [5.74, 6) is -0.0671. The average Bonchev–Trinajstić information content (AvgIpc) is 2.76. The molecular formula is C23H33ClN4O2S. The number of unbranched alkanes of at least 4 members (excludes halogenated alkanes) is 1. The van der Waals surface area contributed by atoms with Gasteiger partial charge in [-0.15, -0.1) is 0 Å². The van der Waals surface area contributed by atoms with E-state index in [0.29, 0.717) is 36.1 Å². The quantitative estimate of drug-likeness (QED) is 0.549. The molecule has 2 N–H and O–H groups in total. The van der Waals surface area contributed by atoms with Crippen molar-refractivity contribution in [2.75, 3.05) is 26.7 Å². The van der Waals surface area contributed by atoms with Crippen LogP contribution < -0.4 is 10.6 Å². The lowest BCUT2D eigenvalue weighted by atomic mass is 9.76. The van der Waals surface area contributed by atoms with Gasteiger partial charge in [-0.2, -0.15) is 0 Å². The van der Waals surface area contributed by atoms with Crippen LogP contribution in [0, 0.1) is 11.8 Å². The molecule has 3 rings (SSSR count). The van der Waals surface area contributed by atoms with Gasteiger partial charge in [0.1, 0.15) is 0 Å². The van der Waals surface area contributed by atoms with Gasteiger partial charge in [-0.1, -0.05) is 37.1 Å². The standard InChI is InChI=1S/C23H33ClN4O2S/c1-3-4-12-27(2)13-11-25-21(29)17-7-10-19-20(14-17)26-23(31)28(22(19)30)15-16-5-8-18(24)9-6-16/h5-6,8-9,17,19-20H,3-4,7,10-15H2,1-2H3,(H,25,29)(H,26,31). The van der Waals surface area contributed by atoms with Crippen LogP contribution in [-0.2, 0) is 16.1 Å². The summed E-state index contributed by atoms with van der Waals surface area (Å²) in [6, 6.07) is 7.38. The number of carbonyl (C=O) groups excluding carboxylic acids is 2. The van der Waals surface area contributed by atoms with E-state index in [1.165, 1.54) is 12.8 Å². The topological polar surface area (TPSA) is 64.7 Å². The second kappa shape index (κ2) is 11.2. The first-order valence-electron chi connectivity index (χ1n) is 11.2. The summed E-state index contributed by atoms with van der Waals surface area (Å²) >= 11 is 11.5. The Morgan fingerprint density at radius 1 is 1.29 bits per heavy atom. The Morgan fingerprint density at radius 3 is 2.74 bits per heavy atom. The van der Waals surface area contributed by atoms with Crippen molar-refractivity contribution in [1.82, 2.24) is 20.4 Å². The van der Waals surface area contributed by atoms with Gasteiger partial charge in [0.25, 0.3) is 0 Å². The number of nitrogens with zero attached hydrogens (tertiary/aromatic N) is 2. The SMILES string of the molecule is CCCCN(C)CCNC(=O)C1CCC2C(=O)N(Cc3ccc(Cl)cc3)C(=S)NC2C1. The van der Waals surface area contributed by atoms with Gasteiger partial charge in [0.05, 0.1) is 12.5 Å². The molecular weight excluding hydrogens is 432 g/mol. The number of hydrogen-bond donors (Lipinski definition) is 2. The highest BCUT2D eigenvalue weighted by molar-refractivity contribution is 7.80. The molecule has 1 aliphatic carbocycles. The molecule has 0 aromatic heterocycles. The molecule has 0 radical (unpaired) electrons. The van der Waals surface area contributed by atoms with E-state index in [2.05, 4.69) is 29.5 Å². The lowest BCUT2D eigenvalue weighted by Crippen LogP contribution is -2.61. The van der Waals surface area contributed by atoms with Gasteiger partial charge in [0.15, 0.2) is 5.11 Å². The smallest absolute Gasteiger partial charge is 0.234 e. The van der Waals surface area contributed by atoms with E-state index in [1.807, 2.05) is 24.3 Å². The van der Waals surface area contributed by atoms with Crippen LogP contribution in [0.15, 0.2) is 24.3 Å². The van der Waals surface area contributed by atoms with Crippen LogP contribution in [0.5, 0.6) is 0 Å². The highest BCUT2D eigenvalue weighted by Crippen LogP contribution is 2.33. The van der Waals surface area contributed by atoms with Crippen molar-refractivity contribution in [1.29, 1.82) is 0 Å². The summed E-state index contributed by atoms with van der Waals surface area (Å²) in [4.78, 5) is 29.7. The van der Waals surface area contributed by atoms with Gasteiger partial charge >= 0.3 is 0 Å². The maximum absolute atomic E-state index is 13.1. The Morgan fingerprint density at radius 2 is 2.03 bits per heavy atom. The summed E-state index contributed by atoms with van der Waals surface area (Å²) in [5, 5.41) is 7.52. The molecule has 1 aromatic carbocycles. The van der Waals surface area contributed by atoms with Crippen molar-refractivity contribution >= 4 is 40.7 Å². The van der Waals surface area contributed by atoms with Gasteiger partial charge in [0.2, 0.25) is 11.8 Å². The minimum absolute atomic E-state index is 0.0557. The first-order chi connectivity index (χ1) is 14.9. The zero-order valence-corrected chi connectivity index (χ0v) is 20.0. The number of halogens is 1. The third kappa shape index (κ3) is 6.40. The fourth-order valence-electron chi connectivity index (χ4n) is 4.38. The van der Waals surface area contributed by atoms with Gasteiger partial charge < -0.3 is 15.5 Å². The predicted octanol–water partition coefficient (Wildman–Crippen LogP) is 3.19. The number of fused-ring (bicyclic) bond motifs is 1. The van der Waals surface area contributed by atoms with Gasteiger partial charge in [0, 0.05) is 30.1 Å². The molecule has 3 atom stereocenters. The molecule has 0 bridgehead atoms. The first kappa shape index (κ1) is 24.0. The summed E-state index contributed by atoms with van der Waals surface area (Å²) in [6.45, 7) is 5.17. The number of thiocarbonyl (C=S) groups is 1. The molecule has 1 saturated carbocycles. The third-order valence-corrected chi connectivity index (χ3v) is 6.89. The molecule has 170 valence electrons. The zero-order valence-electron chi connectivity index (χ0n) is 18.4. The van der Waals surface area contributed by atoms with Crippen molar-refractivity contribution in [3.63, 3.8) is 0 Å². The van der Waals surface area contributed by atoms with Crippen molar-refractivity contribution < 1.29 is 9.59 Å².